The molecule has 0 saturated heterocycles. The molecule has 0 aliphatic heterocycles. The fraction of sp³-hybridized carbons (Fsp3) is 0.300. The van der Waals surface area contributed by atoms with Crippen LogP contribution in [0.1, 0.15) is 11.1 Å². The van der Waals surface area contributed by atoms with Crippen LogP contribution in [0.2, 0.25) is 0 Å². The van der Waals surface area contributed by atoms with E-state index in [4.69, 9.17) is 0 Å². The number of ether oxygens (including phenoxy) is 1. The van der Waals surface area contributed by atoms with Gasteiger partial charge < -0.3 is 4.74 Å². The number of hydrogen-bond acceptors (Lipinski definition) is 2. The van der Waals surface area contributed by atoms with Gasteiger partial charge in [-0.2, -0.15) is 0 Å². The van der Waals surface area contributed by atoms with Crippen LogP contribution in [-0.4, -0.2) is 13.1 Å². The highest BCUT2D eigenvalue weighted by atomic mass is 16.5. The first kappa shape index (κ1) is 8.78. The average molecular weight is 163 g/mol. The normalized spacial score (nSPS) is 9.50. The van der Waals surface area contributed by atoms with Crippen LogP contribution in [0.3, 0.4) is 0 Å². The van der Waals surface area contributed by atoms with Crippen molar-refractivity contribution in [2.24, 2.45) is 0 Å². The summed E-state index contributed by atoms with van der Waals surface area (Å²) in [6.07, 6.45) is 0.304. The van der Waals surface area contributed by atoms with Gasteiger partial charge in [-0.25, -0.2) is 0 Å². The number of methoxy groups -OCH3 is 1. The molecule has 2 nitrogen and oxygen atoms in total. The zero-order valence-electron chi connectivity index (χ0n) is 7.26. The van der Waals surface area contributed by atoms with Crippen molar-refractivity contribution in [1.82, 2.24) is 0 Å². The minimum atomic E-state index is -0.225. The van der Waals surface area contributed by atoms with Gasteiger partial charge in [-0.15, -0.1) is 0 Å². The summed E-state index contributed by atoms with van der Waals surface area (Å²) in [5.41, 5.74) is 1.92. The molecule has 63 valence electrons. The number of esters is 1. The molecule has 0 fully saturated rings. The van der Waals surface area contributed by atoms with Crippen molar-refractivity contribution >= 4 is 5.97 Å². The molecule has 0 N–H and O–H groups in total. The second-order valence-electron chi connectivity index (χ2n) is 2.61. The smallest absolute Gasteiger partial charge is 0.309 e. The lowest BCUT2D eigenvalue weighted by molar-refractivity contribution is -0.139. The molecular formula is C10H11O2. The lowest BCUT2D eigenvalue weighted by Crippen LogP contribution is -2.04. The standard InChI is InChI=1S/C10H11O2/c1-8-4-3-5-9(6-8)7-10(11)12-2/h3-5H,7H2,1-2H3. The Morgan fingerprint density at radius 3 is 2.92 bits per heavy atom. The van der Waals surface area contributed by atoms with E-state index in [0.29, 0.717) is 6.42 Å². The molecule has 0 spiro atoms. The van der Waals surface area contributed by atoms with Crippen LogP contribution in [-0.2, 0) is 16.0 Å². The summed E-state index contributed by atoms with van der Waals surface area (Å²) in [4.78, 5) is 10.9. The Morgan fingerprint density at radius 2 is 2.33 bits per heavy atom. The van der Waals surface area contributed by atoms with Crippen LogP contribution in [0.25, 0.3) is 0 Å². The zero-order chi connectivity index (χ0) is 8.97. The second kappa shape index (κ2) is 3.90. The molecule has 0 heterocycles. The third-order valence-corrected chi connectivity index (χ3v) is 1.56. The summed E-state index contributed by atoms with van der Waals surface area (Å²) in [5.74, 6) is -0.225. The molecule has 0 amide bonds. The third-order valence-electron chi connectivity index (χ3n) is 1.56. The molecule has 1 radical (unpaired) electrons. The van der Waals surface area contributed by atoms with Gasteiger partial charge in [-0.1, -0.05) is 18.2 Å². The molecule has 0 aromatic heterocycles. The van der Waals surface area contributed by atoms with Crippen molar-refractivity contribution in [1.29, 1.82) is 0 Å². The van der Waals surface area contributed by atoms with Gasteiger partial charge in [0.05, 0.1) is 13.5 Å². The van der Waals surface area contributed by atoms with Gasteiger partial charge in [-0.05, 0) is 24.1 Å². The quantitative estimate of drug-likeness (QED) is 0.618. The number of benzene rings is 1. The van der Waals surface area contributed by atoms with Gasteiger partial charge >= 0.3 is 5.97 Å². The fourth-order valence-corrected chi connectivity index (χ4v) is 0.976. The Labute approximate surface area is 72.2 Å². The molecule has 0 aliphatic rings. The van der Waals surface area contributed by atoms with E-state index in [9.17, 15) is 4.79 Å². The van der Waals surface area contributed by atoms with Crippen molar-refractivity contribution < 1.29 is 9.53 Å². The molecule has 1 rings (SSSR count). The molecule has 0 bridgehead atoms. The molecule has 12 heavy (non-hydrogen) atoms. The first-order chi connectivity index (χ1) is 5.72. The van der Waals surface area contributed by atoms with Gasteiger partial charge in [0.2, 0.25) is 0 Å². The van der Waals surface area contributed by atoms with E-state index in [1.165, 1.54) is 7.11 Å². The Hall–Kier alpha value is -1.31. The zero-order valence-corrected chi connectivity index (χ0v) is 7.26. The van der Waals surface area contributed by atoms with Crippen LogP contribution in [0, 0.1) is 13.0 Å². The summed E-state index contributed by atoms with van der Waals surface area (Å²) in [7, 11) is 1.39. The number of rotatable bonds is 2. The van der Waals surface area contributed by atoms with E-state index in [0.717, 1.165) is 11.1 Å². The van der Waals surface area contributed by atoms with Crippen LogP contribution >= 0.6 is 0 Å². The minimum absolute atomic E-state index is 0.225. The van der Waals surface area contributed by atoms with Crippen molar-refractivity contribution in [3.63, 3.8) is 0 Å². The summed E-state index contributed by atoms with van der Waals surface area (Å²) in [6.45, 7) is 1.95. The largest absolute Gasteiger partial charge is 0.469 e. The topological polar surface area (TPSA) is 26.3 Å². The third kappa shape index (κ3) is 2.38. The predicted molar refractivity (Wildman–Crippen MR) is 45.7 cm³/mol. The van der Waals surface area contributed by atoms with Gasteiger partial charge in [0.25, 0.3) is 0 Å². The first-order valence-electron chi connectivity index (χ1n) is 3.77. The maximum Gasteiger partial charge on any atom is 0.309 e. The molecule has 1 aromatic carbocycles. The van der Waals surface area contributed by atoms with Crippen molar-refractivity contribution in [3.05, 3.63) is 35.4 Å². The minimum Gasteiger partial charge on any atom is -0.469 e. The van der Waals surface area contributed by atoms with Crippen LogP contribution in [0.15, 0.2) is 18.2 Å². The molecule has 0 aliphatic carbocycles. The summed E-state index contributed by atoms with van der Waals surface area (Å²) < 4.78 is 4.54. The maximum absolute atomic E-state index is 10.9. The Bertz CT molecular complexity index is 279. The van der Waals surface area contributed by atoms with Crippen molar-refractivity contribution in [3.8, 4) is 0 Å². The summed E-state index contributed by atoms with van der Waals surface area (Å²) in [5, 5.41) is 0. The van der Waals surface area contributed by atoms with Crippen LogP contribution < -0.4 is 0 Å². The van der Waals surface area contributed by atoms with Crippen molar-refractivity contribution in [2.45, 2.75) is 13.3 Å². The monoisotopic (exact) mass is 163 g/mol. The van der Waals surface area contributed by atoms with Gasteiger partial charge in [0, 0.05) is 0 Å². The van der Waals surface area contributed by atoms with E-state index in [2.05, 4.69) is 10.8 Å². The van der Waals surface area contributed by atoms with Crippen LogP contribution in [0.4, 0.5) is 0 Å². The fourth-order valence-electron chi connectivity index (χ4n) is 0.976. The van der Waals surface area contributed by atoms with Gasteiger partial charge in [0.15, 0.2) is 0 Å². The van der Waals surface area contributed by atoms with Crippen LogP contribution in [0.5, 0.6) is 0 Å². The average Bonchev–Trinajstić information content (AvgIpc) is 2.04. The van der Waals surface area contributed by atoms with Crippen molar-refractivity contribution in [2.75, 3.05) is 7.11 Å². The lowest BCUT2D eigenvalue weighted by Gasteiger charge is -1.99. The molecule has 1 aromatic rings. The molecule has 0 unspecified atom stereocenters. The first-order valence-corrected chi connectivity index (χ1v) is 3.77. The molecule has 0 saturated carbocycles. The molecular weight excluding hydrogens is 152 g/mol. The summed E-state index contributed by atoms with van der Waals surface area (Å²) in [6, 6.07) is 8.79. The van der Waals surface area contributed by atoms with Gasteiger partial charge in [0.1, 0.15) is 0 Å². The van der Waals surface area contributed by atoms with E-state index >= 15 is 0 Å². The Balaban J connectivity index is 2.69. The number of carbonyl (C=O) groups excluding carboxylic acids is 1. The van der Waals surface area contributed by atoms with E-state index in [-0.39, 0.29) is 5.97 Å². The number of hydrogen-bond donors (Lipinski definition) is 0. The maximum atomic E-state index is 10.9. The highest BCUT2D eigenvalue weighted by Crippen LogP contribution is 2.03. The van der Waals surface area contributed by atoms with E-state index in [1.54, 1.807) is 0 Å². The molecule has 0 atom stereocenters. The Kier molecular flexibility index (Phi) is 2.86. The predicted octanol–water partition coefficient (Wildman–Crippen LogP) is 1.51. The highest BCUT2D eigenvalue weighted by molar-refractivity contribution is 5.72. The summed E-state index contributed by atoms with van der Waals surface area (Å²) >= 11 is 0. The highest BCUT2D eigenvalue weighted by Gasteiger charge is 2.01. The van der Waals surface area contributed by atoms with E-state index < -0.39 is 0 Å². The second-order valence-corrected chi connectivity index (χ2v) is 2.61. The number of aryl methyl sites for hydroxylation is 1. The Morgan fingerprint density at radius 1 is 1.58 bits per heavy atom. The molecule has 2 heteroatoms. The van der Waals surface area contributed by atoms with Gasteiger partial charge in [-0.3, -0.25) is 4.79 Å². The number of carbonyl (C=O) groups is 1. The lowest BCUT2D eigenvalue weighted by atomic mass is 10.1. The van der Waals surface area contributed by atoms with E-state index in [1.807, 2.05) is 25.1 Å². The SMILES string of the molecule is COC(=O)Cc1[c]c(C)ccc1.